The summed E-state index contributed by atoms with van der Waals surface area (Å²) in [6.45, 7) is 1.99. The van der Waals surface area contributed by atoms with Gasteiger partial charge in [0.25, 0.3) is 0 Å². The largest absolute Gasteiger partial charge is 0.235 e. The van der Waals surface area contributed by atoms with Crippen LogP contribution in [0.3, 0.4) is 0 Å². The molecular weight excluding hydrogens is 357 g/mol. The van der Waals surface area contributed by atoms with Crippen molar-refractivity contribution in [1.29, 1.82) is 0 Å². The molecule has 0 spiro atoms. The number of fused-ring (bicyclic) bond motifs is 1. The Bertz CT molecular complexity index is 801. The molecule has 0 atom stereocenters. The molecule has 0 saturated heterocycles. The Hall–Kier alpha value is -1.09. The lowest BCUT2D eigenvalue weighted by Crippen LogP contribution is -1.91. The van der Waals surface area contributed by atoms with Gasteiger partial charge in [-0.25, -0.2) is 4.98 Å². The van der Waals surface area contributed by atoms with E-state index in [0.29, 0.717) is 10.2 Å². The smallest absolute Gasteiger partial charge is 0.139 e. The molecule has 0 radical (unpaired) electrons. The van der Waals surface area contributed by atoms with Crippen LogP contribution in [0.15, 0.2) is 46.9 Å². The van der Waals surface area contributed by atoms with E-state index >= 15 is 0 Å². The van der Waals surface area contributed by atoms with Crippen molar-refractivity contribution in [2.45, 2.75) is 6.92 Å². The van der Waals surface area contributed by atoms with Gasteiger partial charge in [0.15, 0.2) is 0 Å². The number of halogens is 3. The van der Waals surface area contributed by atoms with Gasteiger partial charge < -0.3 is 0 Å². The Morgan fingerprint density at radius 2 is 1.75 bits per heavy atom. The second-order valence-corrected chi connectivity index (χ2v) is 6.23. The first-order chi connectivity index (χ1) is 9.58. The summed E-state index contributed by atoms with van der Waals surface area (Å²) in [6, 6.07) is 13.8. The molecule has 0 bridgehead atoms. The van der Waals surface area contributed by atoms with E-state index in [9.17, 15) is 0 Å². The highest BCUT2D eigenvalue weighted by atomic mass is 79.9. The van der Waals surface area contributed by atoms with Crippen molar-refractivity contribution in [2.24, 2.45) is 0 Å². The van der Waals surface area contributed by atoms with Crippen molar-refractivity contribution in [3.05, 3.63) is 62.7 Å². The third-order valence-electron chi connectivity index (χ3n) is 3.20. The SMILES string of the molecule is Cc1cc(Br)cc2c(Cl)c(-c3ccccc3)c(Cl)nc12. The summed E-state index contributed by atoms with van der Waals surface area (Å²) in [5, 5.41) is 1.97. The summed E-state index contributed by atoms with van der Waals surface area (Å²) in [4.78, 5) is 4.51. The molecule has 0 N–H and O–H groups in total. The van der Waals surface area contributed by atoms with Crippen LogP contribution in [0.5, 0.6) is 0 Å². The summed E-state index contributed by atoms with van der Waals surface area (Å²) < 4.78 is 0.979. The van der Waals surface area contributed by atoms with Gasteiger partial charge in [0.1, 0.15) is 5.15 Å². The lowest BCUT2D eigenvalue weighted by atomic mass is 10.0. The van der Waals surface area contributed by atoms with Crippen molar-refractivity contribution < 1.29 is 0 Å². The molecule has 20 heavy (non-hydrogen) atoms. The van der Waals surface area contributed by atoms with Gasteiger partial charge >= 0.3 is 0 Å². The molecule has 0 aliphatic carbocycles. The van der Waals surface area contributed by atoms with E-state index in [4.69, 9.17) is 23.2 Å². The fraction of sp³-hybridized carbons (Fsp3) is 0.0625. The lowest BCUT2D eigenvalue weighted by molar-refractivity contribution is 1.36. The van der Waals surface area contributed by atoms with Crippen LogP contribution in [0, 0.1) is 6.92 Å². The van der Waals surface area contributed by atoms with Gasteiger partial charge in [-0.2, -0.15) is 0 Å². The Labute approximate surface area is 135 Å². The van der Waals surface area contributed by atoms with E-state index in [1.807, 2.05) is 49.4 Å². The number of nitrogens with zero attached hydrogens (tertiary/aromatic N) is 1. The molecule has 3 rings (SSSR count). The second kappa shape index (κ2) is 5.36. The minimum absolute atomic E-state index is 0.430. The molecule has 3 aromatic rings. The highest BCUT2D eigenvalue weighted by molar-refractivity contribution is 9.10. The average molecular weight is 367 g/mol. The van der Waals surface area contributed by atoms with E-state index in [0.717, 1.165) is 32.1 Å². The van der Waals surface area contributed by atoms with Crippen LogP contribution in [-0.2, 0) is 0 Å². The zero-order chi connectivity index (χ0) is 14.3. The minimum atomic E-state index is 0.430. The monoisotopic (exact) mass is 365 g/mol. The molecule has 0 aliphatic heterocycles. The number of pyridine rings is 1. The quantitative estimate of drug-likeness (QED) is 0.462. The fourth-order valence-corrected chi connectivity index (χ4v) is 3.53. The number of aromatic nitrogens is 1. The maximum atomic E-state index is 6.58. The molecule has 0 unspecified atom stereocenters. The van der Waals surface area contributed by atoms with Crippen molar-refractivity contribution >= 4 is 50.0 Å². The van der Waals surface area contributed by atoms with Gasteiger partial charge in [-0.3, -0.25) is 0 Å². The first-order valence-electron chi connectivity index (χ1n) is 6.08. The van der Waals surface area contributed by atoms with Gasteiger partial charge in [-0.05, 0) is 30.2 Å². The van der Waals surface area contributed by atoms with Crippen LogP contribution in [-0.4, -0.2) is 4.98 Å². The van der Waals surface area contributed by atoms with E-state index in [1.54, 1.807) is 0 Å². The summed E-state index contributed by atoms with van der Waals surface area (Å²) in [5.41, 5.74) is 3.62. The van der Waals surface area contributed by atoms with Crippen LogP contribution in [0.4, 0.5) is 0 Å². The third kappa shape index (κ3) is 2.32. The molecule has 1 heterocycles. The average Bonchev–Trinajstić information content (AvgIpc) is 2.42. The minimum Gasteiger partial charge on any atom is -0.235 e. The maximum Gasteiger partial charge on any atom is 0.139 e. The lowest BCUT2D eigenvalue weighted by Gasteiger charge is -2.12. The molecule has 0 amide bonds. The number of benzene rings is 2. The Morgan fingerprint density at radius 3 is 2.45 bits per heavy atom. The van der Waals surface area contributed by atoms with Crippen molar-refractivity contribution in [3.63, 3.8) is 0 Å². The number of aryl methyl sites for hydroxylation is 1. The topological polar surface area (TPSA) is 12.9 Å². The molecule has 100 valence electrons. The normalized spacial score (nSPS) is 11.0. The van der Waals surface area contributed by atoms with Crippen LogP contribution in [0.25, 0.3) is 22.0 Å². The van der Waals surface area contributed by atoms with E-state index in [-0.39, 0.29) is 0 Å². The second-order valence-electron chi connectivity index (χ2n) is 4.58. The Kier molecular flexibility index (Phi) is 3.72. The summed E-state index contributed by atoms with van der Waals surface area (Å²) >= 11 is 16.4. The number of rotatable bonds is 1. The van der Waals surface area contributed by atoms with Gasteiger partial charge in [-0.1, -0.05) is 69.5 Å². The highest BCUT2D eigenvalue weighted by Gasteiger charge is 2.15. The molecule has 0 saturated carbocycles. The first kappa shape index (κ1) is 13.9. The van der Waals surface area contributed by atoms with E-state index in [2.05, 4.69) is 20.9 Å². The number of hydrogen-bond acceptors (Lipinski definition) is 1. The van der Waals surface area contributed by atoms with Crippen LogP contribution in [0.1, 0.15) is 5.56 Å². The molecule has 0 aliphatic rings. The highest BCUT2D eigenvalue weighted by Crippen LogP contribution is 2.39. The summed E-state index contributed by atoms with van der Waals surface area (Å²) in [6.07, 6.45) is 0. The van der Waals surface area contributed by atoms with Crippen LogP contribution >= 0.6 is 39.1 Å². The number of hydrogen-bond donors (Lipinski definition) is 0. The van der Waals surface area contributed by atoms with E-state index < -0.39 is 0 Å². The molecular formula is C16H10BrCl2N. The van der Waals surface area contributed by atoms with Gasteiger partial charge in [-0.15, -0.1) is 0 Å². The van der Waals surface area contributed by atoms with Crippen LogP contribution < -0.4 is 0 Å². The predicted octanol–water partition coefficient (Wildman–Crippen LogP) is 6.28. The van der Waals surface area contributed by atoms with Crippen molar-refractivity contribution in [1.82, 2.24) is 4.98 Å². The third-order valence-corrected chi connectivity index (χ3v) is 4.32. The Morgan fingerprint density at radius 1 is 1.05 bits per heavy atom. The molecule has 1 nitrogen and oxygen atoms in total. The molecule has 1 aromatic heterocycles. The molecule has 0 fully saturated rings. The fourth-order valence-electron chi connectivity index (χ4n) is 2.28. The van der Waals surface area contributed by atoms with Crippen molar-refractivity contribution in [3.8, 4) is 11.1 Å². The standard InChI is InChI=1S/C16H10BrCl2N/c1-9-7-11(17)8-12-14(18)13(16(19)20-15(9)12)10-5-3-2-4-6-10/h2-8H,1H3. The Balaban J connectivity index is 2.40. The van der Waals surface area contributed by atoms with E-state index in [1.165, 1.54) is 0 Å². The summed E-state index contributed by atoms with van der Waals surface area (Å²) in [5.74, 6) is 0. The molecule has 2 aromatic carbocycles. The van der Waals surface area contributed by atoms with Gasteiger partial charge in [0, 0.05) is 15.4 Å². The maximum absolute atomic E-state index is 6.58. The zero-order valence-corrected chi connectivity index (χ0v) is 13.7. The van der Waals surface area contributed by atoms with Crippen LogP contribution in [0.2, 0.25) is 10.2 Å². The van der Waals surface area contributed by atoms with Gasteiger partial charge in [0.05, 0.1) is 10.5 Å². The molecule has 4 heteroatoms. The zero-order valence-electron chi connectivity index (χ0n) is 10.6. The van der Waals surface area contributed by atoms with Crippen molar-refractivity contribution in [2.75, 3.05) is 0 Å². The predicted molar refractivity (Wildman–Crippen MR) is 89.6 cm³/mol. The first-order valence-corrected chi connectivity index (χ1v) is 7.63. The summed E-state index contributed by atoms with van der Waals surface area (Å²) in [7, 11) is 0. The van der Waals surface area contributed by atoms with Gasteiger partial charge in [0.2, 0.25) is 0 Å².